The van der Waals surface area contributed by atoms with Gasteiger partial charge in [-0.15, -0.1) is 0 Å². The number of hydrogen-bond donors (Lipinski definition) is 4. The minimum atomic E-state index is 0.0363. The second-order valence-corrected chi connectivity index (χ2v) is 6.68. The Kier molecular flexibility index (Phi) is 4.16. The van der Waals surface area contributed by atoms with Gasteiger partial charge in [0.25, 0.3) is 0 Å². The van der Waals surface area contributed by atoms with Gasteiger partial charge in [-0.3, -0.25) is 10.8 Å². The third-order valence-electron chi connectivity index (χ3n) is 4.86. The molecule has 0 aliphatic carbocycles. The Labute approximate surface area is 162 Å². The zero-order valence-corrected chi connectivity index (χ0v) is 15.4. The van der Waals surface area contributed by atoms with Gasteiger partial charge in [0.05, 0.1) is 11.0 Å². The lowest BCUT2D eigenvalue weighted by Gasteiger charge is -2.06. The highest BCUT2D eigenvalue weighted by atomic mass is 15.1. The van der Waals surface area contributed by atoms with Gasteiger partial charge in [-0.25, -0.2) is 4.98 Å². The van der Waals surface area contributed by atoms with E-state index in [-0.39, 0.29) is 11.7 Å². The fraction of sp³-hybridized carbons (Fsp3) is 0.0455. The van der Waals surface area contributed by atoms with Gasteiger partial charge in [0.2, 0.25) is 0 Å². The first-order chi connectivity index (χ1) is 13.4. The van der Waals surface area contributed by atoms with Gasteiger partial charge >= 0.3 is 0 Å². The van der Waals surface area contributed by atoms with Crippen LogP contribution < -0.4 is 11.5 Å². The summed E-state index contributed by atoms with van der Waals surface area (Å²) in [7, 11) is 1.98. The van der Waals surface area contributed by atoms with Gasteiger partial charge in [0, 0.05) is 23.7 Å². The lowest BCUT2D eigenvalue weighted by atomic mass is 10.0. The van der Waals surface area contributed by atoms with E-state index in [4.69, 9.17) is 27.3 Å². The summed E-state index contributed by atoms with van der Waals surface area (Å²) in [4.78, 5) is 4.73. The van der Waals surface area contributed by atoms with E-state index in [2.05, 4.69) is 12.1 Å². The fourth-order valence-corrected chi connectivity index (χ4v) is 3.28. The van der Waals surface area contributed by atoms with Gasteiger partial charge in [-0.05, 0) is 29.3 Å². The number of nitrogen functional groups attached to an aromatic ring is 2. The van der Waals surface area contributed by atoms with Gasteiger partial charge in [0.15, 0.2) is 0 Å². The van der Waals surface area contributed by atoms with Crippen LogP contribution in [-0.4, -0.2) is 21.2 Å². The predicted molar refractivity (Wildman–Crippen MR) is 114 cm³/mol. The van der Waals surface area contributed by atoms with Crippen LogP contribution in [-0.2, 0) is 7.05 Å². The monoisotopic (exact) mass is 368 g/mol. The molecule has 0 unspecified atom stereocenters. The molecule has 28 heavy (non-hydrogen) atoms. The van der Waals surface area contributed by atoms with Crippen molar-refractivity contribution in [2.45, 2.75) is 0 Å². The molecule has 0 amide bonds. The molecule has 0 bridgehead atoms. The molecule has 0 radical (unpaired) electrons. The normalized spacial score (nSPS) is 10.9. The maximum Gasteiger partial charge on any atom is 0.140 e. The maximum atomic E-state index is 7.60. The second kappa shape index (κ2) is 6.66. The summed E-state index contributed by atoms with van der Waals surface area (Å²) in [6.07, 6.45) is 0. The fourth-order valence-electron chi connectivity index (χ4n) is 3.28. The Bertz CT molecular complexity index is 1200. The van der Waals surface area contributed by atoms with Crippen LogP contribution in [0.15, 0.2) is 66.7 Å². The standard InChI is InChI=1S/C22H20N6/c1-28-19-11-10-17(21(25)26)12-18(19)27-22(28)16-8-4-14(5-9-16)13-2-6-15(7-3-13)20(23)24/h2-12H,1H3,(H3,23,24)(H3,25,26). The molecule has 138 valence electrons. The first kappa shape index (κ1) is 17.5. The van der Waals surface area contributed by atoms with E-state index in [9.17, 15) is 0 Å². The van der Waals surface area contributed by atoms with Crippen molar-refractivity contribution in [2.24, 2.45) is 18.5 Å². The quantitative estimate of drug-likeness (QED) is 0.326. The smallest absolute Gasteiger partial charge is 0.140 e. The van der Waals surface area contributed by atoms with Crippen LogP contribution in [0.3, 0.4) is 0 Å². The summed E-state index contributed by atoms with van der Waals surface area (Å²) >= 11 is 0. The van der Waals surface area contributed by atoms with E-state index >= 15 is 0 Å². The first-order valence-electron chi connectivity index (χ1n) is 8.80. The van der Waals surface area contributed by atoms with Crippen LogP contribution in [0.4, 0.5) is 0 Å². The highest BCUT2D eigenvalue weighted by Gasteiger charge is 2.11. The van der Waals surface area contributed by atoms with Crippen molar-refractivity contribution in [3.8, 4) is 22.5 Å². The average Bonchev–Trinajstić information content (AvgIpc) is 3.04. The van der Waals surface area contributed by atoms with Crippen LogP contribution in [0.2, 0.25) is 0 Å². The number of nitrogens with zero attached hydrogens (tertiary/aromatic N) is 2. The van der Waals surface area contributed by atoms with E-state index < -0.39 is 0 Å². The number of aryl methyl sites for hydroxylation is 1. The van der Waals surface area contributed by atoms with Crippen LogP contribution in [0.1, 0.15) is 11.1 Å². The van der Waals surface area contributed by atoms with Gasteiger partial charge < -0.3 is 16.0 Å². The van der Waals surface area contributed by atoms with Crippen molar-refractivity contribution in [1.29, 1.82) is 10.8 Å². The molecule has 3 aromatic carbocycles. The largest absolute Gasteiger partial charge is 0.384 e. The SMILES string of the molecule is Cn1c(-c2ccc(-c3ccc(C(=N)N)cc3)cc2)nc2cc(C(=N)N)ccc21. The van der Waals surface area contributed by atoms with E-state index in [0.717, 1.165) is 33.5 Å². The Morgan fingerprint density at radius 3 is 1.82 bits per heavy atom. The number of nitrogens with one attached hydrogen (secondary N) is 2. The molecule has 0 saturated heterocycles. The first-order valence-corrected chi connectivity index (χ1v) is 8.80. The van der Waals surface area contributed by atoms with Gasteiger partial charge in [0.1, 0.15) is 17.5 Å². The lowest BCUT2D eigenvalue weighted by molar-refractivity contribution is 0.959. The topological polar surface area (TPSA) is 118 Å². The molecule has 1 aromatic heterocycles. The molecule has 0 aliphatic heterocycles. The molecule has 6 heteroatoms. The molecule has 1 heterocycles. The Morgan fingerprint density at radius 1 is 0.750 bits per heavy atom. The second-order valence-electron chi connectivity index (χ2n) is 6.68. The molecular formula is C22H20N6. The number of amidine groups is 2. The predicted octanol–water partition coefficient (Wildman–Crippen LogP) is 3.48. The van der Waals surface area contributed by atoms with E-state index in [0.29, 0.717) is 11.1 Å². The zero-order chi connectivity index (χ0) is 19.8. The van der Waals surface area contributed by atoms with Crippen LogP contribution in [0.25, 0.3) is 33.5 Å². The molecule has 0 atom stereocenters. The summed E-state index contributed by atoms with van der Waals surface area (Å²) in [6.45, 7) is 0. The Balaban J connectivity index is 1.69. The number of imidazole rings is 1. The van der Waals surface area contributed by atoms with E-state index in [1.54, 1.807) is 0 Å². The summed E-state index contributed by atoms with van der Waals surface area (Å²) in [5.74, 6) is 0.958. The van der Waals surface area contributed by atoms with Crippen LogP contribution >= 0.6 is 0 Å². The van der Waals surface area contributed by atoms with Crippen molar-refractivity contribution in [3.63, 3.8) is 0 Å². The van der Waals surface area contributed by atoms with Gasteiger partial charge in [-0.1, -0.05) is 48.5 Å². The number of hydrogen-bond acceptors (Lipinski definition) is 3. The molecule has 0 spiro atoms. The molecule has 0 fully saturated rings. The highest BCUT2D eigenvalue weighted by molar-refractivity contribution is 5.98. The van der Waals surface area contributed by atoms with E-state index in [1.165, 1.54) is 0 Å². The summed E-state index contributed by atoms with van der Waals surface area (Å²) in [5.41, 5.74) is 17.4. The minimum Gasteiger partial charge on any atom is -0.384 e. The molecule has 4 rings (SSSR count). The van der Waals surface area contributed by atoms with Crippen LogP contribution in [0, 0.1) is 10.8 Å². The summed E-state index contributed by atoms with van der Waals surface area (Å²) in [5, 5.41) is 15.1. The number of aromatic nitrogens is 2. The summed E-state index contributed by atoms with van der Waals surface area (Å²) < 4.78 is 2.04. The number of benzene rings is 3. The molecule has 4 aromatic rings. The average molecular weight is 368 g/mol. The Hall–Kier alpha value is -3.93. The van der Waals surface area contributed by atoms with Crippen molar-refractivity contribution >= 4 is 22.7 Å². The molecule has 0 saturated carbocycles. The third-order valence-corrected chi connectivity index (χ3v) is 4.86. The lowest BCUT2D eigenvalue weighted by Crippen LogP contribution is -2.10. The van der Waals surface area contributed by atoms with Gasteiger partial charge in [-0.2, -0.15) is 0 Å². The number of rotatable bonds is 4. The summed E-state index contributed by atoms with van der Waals surface area (Å²) in [6, 6.07) is 21.4. The molecule has 6 N–H and O–H groups in total. The third kappa shape index (κ3) is 3.01. The zero-order valence-electron chi connectivity index (χ0n) is 15.4. The number of nitrogens with two attached hydrogens (primary N) is 2. The molecule has 0 aliphatic rings. The number of fused-ring (bicyclic) bond motifs is 1. The van der Waals surface area contributed by atoms with Crippen molar-refractivity contribution in [2.75, 3.05) is 0 Å². The van der Waals surface area contributed by atoms with Crippen molar-refractivity contribution in [1.82, 2.24) is 9.55 Å². The van der Waals surface area contributed by atoms with Crippen molar-refractivity contribution < 1.29 is 0 Å². The van der Waals surface area contributed by atoms with Crippen LogP contribution in [0.5, 0.6) is 0 Å². The highest BCUT2D eigenvalue weighted by Crippen LogP contribution is 2.27. The minimum absolute atomic E-state index is 0.0363. The Morgan fingerprint density at radius 2 is 1.25 bits per heavy atom. The maximum absolute atomic E-state index is 7.60. The van der Waals surface area contributed by atoms with E-state index in [1.807, 2.05) is 66.2 Å². The molecular weight excluding hydrogens is 348 g/mol. The van der Waals surface area contributed by atoms with Crippen molar-refractivity contribution in [3.05, 3.63) is 77.9 Å². The molecule has 6 nitrogen and oxygen atoms in total.